The van der Waals surface area contributed by atoms with Gasteiger partial charge < -0.3 is 9.88 Å². The van der Waals surface area contributed by atoms with Crippen LogP contribution in [0, 0.1) is 0 Å². The van der Waals surface area contributed by atoms with Crippen molar-refractivity contribution in [3.05, 3.63) is 67.1 Å². The Morgan fingerprint density at radius 1 is 1.21 bits per heavy atom. The standard InChI is InChI=1S/C17H12F3N3O/c1-2-16(24)22-12-3-4-14-11(9-12)6-8-23(14)13-5-7-21-15(10-13)17(18,19)20/h2-10H,1H2,(H,22,24). The Labute approximate surface area is 135 Å². The van der Waals surface area contributed by atoms with E-state index in [1.807, 2.05) is 0 Å². The minimum Gasteiger partial charge on any atom is -0.323 e. The number of nitrogens with zero attached hydrogens (tertiary/aromatic N) is 2. The zero-order valence-corrected chi connectivity index (χ0v) is 12.3. The van der Waals surface area contributed by atoms with E-state index in [0.29, 0.717) is 16.9 Å². The van der Waals surface area contributed by atoms with Crippen LogP contribution in [0.2, 0.25) is 0 Å². The van der Waals surface area contributed by atoms with Gasteiger partial charge in [-0.2, -0.15) is 13.2 Å². The number of anilines is 1. The Kier molecular flexibility index (Phi) is 3.84. The Hall–Kier alpha value is -3.09. The lowest BCUT2D eigenvalue weighted by molar-refractivity contribution is -0.141. The number of rotatable bonds is 3. The molecule has 0 atom stereocenters. The van der Waals surface area contributed by atoms with Gasteiger partial charge in [-0.25, -0.2) is 0 Å². The van der Waals surface area contributed by atoms with Gasteiger partial charge in [-0.1, -0.05) is 6.58 Å². The minimum absolute atomic E-state index is 0.335. The fraction of sp³-hybridized carbons (Fsp3) is 0.0588. The number of fused-ring (bicyclic) bond motifs is 1. The van der Waals surface area contributed by atoms with E-state index >= 15 is 0 Å². The molecule has 0 aliphatic carbocycles. The molecule has 3 aromatic rings. The highest BCUT2D eigenvalue weighted by Gasteiger charge is 2.32. The van der Waals surface area contributed by atoms with Crippen LogP contribution < -0.4 is 5.32 Å². The summed E-state index contributed by atoms with van der Waals surface area (Å²) in [4.78, 5) is 14.7. The van der Waals surface area contributed by atoms with E-state index in [4.69, 9.17) is 0 Å². The molecule has 24 heavy (non-hydrogen) atoms. The normalized spacial score (nSPS) is 11.5. The van der Waals surface area contributed by atoms with E-state index in [0.717, 1.165) is 23.7 Å². The molecular formula is C17H12F3N3O. The van der Waals surface area contributed by atoms with E-state index in [1.165, 1.54) is 6.07 Å². The average Bonchev–Trinajstić information content (AvgIpc) is 2.97. The van der Waals surface area contributed by atoms with Gasteiger partial charge in [0.25, 0.3) is 0 Å². The van der Waals surface area contributed by atoms with Crippen molar-refractivity contribution in [3.63, 3.8) is 0 Å². The summed E-state index contributed by atoms with van der Waals surface area (Å²) in [5.74, 6) is -0.335. The molecule has 4 nitrogen and oxygen atoms in total. The van der Waals surface area contributed by atoms with Crippen molar-refractivity contribution >= 4 is 22.5 Å². The number of nitrogens with one attached hydrogen (secondary N) is 1. The summed E-state index contributed by atoms with van der Waals surface area (Å²) >= 11 is 0. The molecule has 1 N–H and O–H groups in total. The van der Waals surface area contributed by atoms with Crippen LogP contribution in [0.25, 0.3) is 16.6 Å². The van der Waals surface area contributed by atoms with Crippen molar-refractivity contribution in [2.45, 2.75) is 6.18 Å². The zero-order valence-electron chi connectivity index (χ0n) is 12.3. The van der Waals surface area contributed by atoms with Gasteiger partial charge in [0.1, 0.15) is 5.69 Å². The molecule has 0 unspecified atom stereocenters. The number of halogens is 3. The first kappa shape index (κ1) is 15.8. The molecule has 0 aliphatic heterocycles. The number of benzene rings is 1. The molecule has 2 aromatic heterocycles. The summed E-state index contributed by atoms with van der Waals surface area (Å²) in [6.07, 6.45) is -0.548. The molecule has 0 bridgehead atoms. The first-order valence-electron chi connectivity index (χ1n) is 6.96. The number of amides is 1. The summed E-state index contributed by atoms with van der Waals surface area (Å²) in [5, 5.41) is 3.42. The van der Waals surface area contributed by atoms with Crippen LogP contribution >= 0.6 is 0 Å². The highest BCUT2D eigenvalue weighted by molar-refractivity contribution is 6.00. The van der Waals surface area contributed by atoms with E-state index in [1.54, 1.807) is 35.0 Å². The Morgan fingerprint density at radius 2 is 2.00 bits per heavy atom. The number of pyridine rings is 1. The molecule has 0 saturated carbocycles. The van der Waals surface area contributed by atoms with Crippen LogP contribution in [0.15, 0.2) is 61.4 Å². The average molecular weight is 331 g/mol. The number of carbonyl (C=O) groups excluding carboxylic acids is 1. The number of alkyl halides is 3. The lowest BCUT2D eigenvalue weighted by Crippen LogP contribution is -2.08. The Morgan fingerprint density at radius 3 is 2.71 bits per heavy atom. The van der Waals surface area contributed by atoms with Crippen molar-refractivity contribution in [2.24, 2.45) is 0 Å². The van der Waals surface area contributed by atoms with Gasteiger partial charge in [0.2, 0.25) is 5.91 Å². The molecule has 0 fully saturated rings. The number of hydrogen-bond acceptors (Lipinski definition) is 2. The van der Waals surface area contributed by atoms with Gasteiger partial charge in [0.05, 0.1) is 5.52 Å². The third-order valence-electron chi connectivity index (χ3n) is 3.46. The van der Waals surface area contributed by atoms with E-state index < -0.39 is 11.9 Å². The first-order chi connectivity index (χ1) is 11.4. The van der Waals surface area contributed by atoms with Crippen LogP contribution in [0.4, 0.5) is 18.9 Å². The Balaban J connectivity index is 2.02. The number of hydrogen-bond donors (Lipinski definition) is 1. The molecule has 0 radical (unpaired) electrons. The lowest BCUT2D eigenvalue weighted by Gasteiger charge is -2.10. The molecular weight excluding hydrogens is 319 g/mol. The second kappa shape index (κ2) is 5.84. The van der Waals surface area contributed by atoms with Crippen molar-refractivity contribution in [2.75, 3.05) is 5.32 Å². The van der Waals surface area contributed by atoms with Gasteiger partial charge in [-0.3, -0.25) is 9.78 Å². The molecule has 1 aromatic carbocycles. The monoisotopic (exact) mass is 331 g/mol. The number of carbonyl (C=O) groups is 1. The van der Waals surface area contributed by atoms with Crippen molar-refractivity contribution in [1.29, 1.82) is 0 Å². The van der Waals surface area contributed by atoms with Crippen LogP contribution in [-0.2, 0) is 11.0 Å². The van der Waals surface area contributed by atoms with Crippen LogP contribution in [0.5, 0.6) is 0 Å². The third-order valence-corrected chi connectivity index (χ3v) is 3.46. The van der Waals surface area contributed by atoms with Gasteiger partial charge in [-0.05, 0) is 42.5 Å². The topological polar surface area (TPSA) is 46.9 Å². The highest BCUT2D eigenvalue weighted by Crippen LogP contribution is 2.30. The van der Waals surface area contributed by atoms with E-state index in [-0.39, 0.29) is 5.91 Å². The van der Waals surface area contributed by atoms with Crippen molar-refractivity contribution < 1.29 is 18.0 Å². The predicted molar refractivity (Wildman–Crippen MR) is 84.9 cm³/mol. The quantitative estimate of drug-likeness (QED) is 0.732. The highest BCUT2D eigenvalue weighted by atomic mass is 19.4. The lowest BCUT2D eigenvalue weighted by atomic mass is 10.2. The summed E-state index contributed by atoms with van der Waals surface area (Å²) in [5.41, 5.74) is 0.703. The largest absolute Gasteiger partial charge is 0.433 e. The molecule has 122 valence electrons. The third kappa shape index (κ3) is 3.01. The molecule has 7 heteroatoms. The van der Waals surface area contributed by atoms with Crippen molar-refractivity contribution in [3.8, 4) is 5.69 Å². The molecule has 0 spiro atoms. The summed E-state index contributed by atoms with van der Waals surface area (Å²) in [6, 6.07) is 9.38. The number of aromatic nitrogens is 2. The van der Waals surface area contributed by atoms with Crippen LogP contribution in [0.3, 0.4) is 0 Å². The van der Waals surface area contributed by atoms with Gasteiger partial charge in [0.15, 0.2) is 0 Å². The SMILES string of the molecule is C=CC(=O)Nc1ccc2c(ccn2-c2ccnc(C(F)(F)F)c2)c1. The fourth-order valence-electron chi connectivity index (χ4n) is 2.36. The molecule has 0 aliphatic rings. The maximum absolute atomic E-state index is 12.8. The van der Waals surface area contributed by atoms with E-state index in [9.17, 15) is 18.0 Å². The van der Waals surface area contributed by atoms with Crippen LogP contribution in [-0.4, -0.2) is 15.5 Å². The smallest absolute Gasteiger partial charge is 0.323 e. The first-order valence-corrected chi connectivity index (χ1v) is 6.96. The zero-order chi connectivity index (χ0) is 17.3. The Bertz CT molecular complexity index is 928. The molecule has 0 saturated heterocycles. The fourth-order valence-corrected chi connectivity index (χ4v) is 2.36. The summed E-state index contributed by atoms with van der Waals surface area (Å²) < 4.78 is 40.1. The van der Waals surface area contributed by atoms with Gasteiger partial charge >= 0.3 is 6.18 Å². The minimum atomic E-state index is -4.50. The van der Waals surface area contributed by atoms with Gasteiger partial charge in [-0.15, -0.1) is 0 Å². The second-order valence-corrected chi connectivity index (χ2v) is 5.05. The van der Waals surface area contributed by atoms with E-state index in [2.05, 4.69) is 16.9 Å². The second-order valence-electron chi connectivity index (χ2n) is 5.05. The molecule has 1 amide bonds. The molecule has 3 rings (SSSR count). The van der Waals surface area contributed by atoms with Crippen molar-refractivity contribution in [1.82, 2.24) is 9.55 Å². The summed E-state index contributed by atoms with van der Waals surface area (Å²) in [7, 11) is 0. The molecule has 2 heterocycles. The predicted octanol–water partition coefficient (Wildman–Crippen LogP) is 4.17. The van der Waals surface area contributed by atoms with Crippen LogP contribution in [0.1, 0.15) is 5.69 Å². The maximum Gasteiger partial charge on any atom is 0.433 e. The van der Waals surface area contributed by atoms with Gasteiger partial charge in [0, 0.05) is 29.2 Å². The maximum atomic E-state index is 12.8. The summed E-state index contributed by atoms with van der Waals surface area (Å²) in [6.45, 7) is 3.38.